The molecule has 0 aliphatic heterocycles. The zero-order valence-corrected chi connectivity index (χ0v) is 18.1. The van der Waals surface area contributed by atoms with Crippen molar-refractivity contribution < 1.29 is 23.2 Å². The Kier molecular flexibility index (Phi) is 5.98. The van der Waals surface area contributed by atoms with Crippen LogP contribution in [0.15, 0.2) is 54.6 Å². The summed E-state index contributed by atoms with van der Waals surface area (Å²) in [7, 11) is -5.13. The largest absolute Gasteiger partial charge is 0.506 e. The van der Waals surface area contributed by atoms with Gasteiger partial charge in [0.2, 0.25) is 0 Å². The Balaban J connectivity index is 2.69. The van der Waals surface area contributed by atoms with Crippen LogP contribution in [0.4, 0.5) is 0 Å². The second-order valence-corrected chi connectivity index (χ2v) is 9.12. The lowest BCUT2D eigenvalue weighted by Gasteiger charge is -2.34. The summed E-state index contributed by atoms with van der Waals surface area (Å²) in [4.78, 5) is 0. The molecule has 3 aromatic rings. The van der Waals surface area contributed by atoms with E-state index in [2.05, 4.69) is 0 Å². The Morgan fingerprint density at radius 3 is 1.83 bits per heavy atom. The summed E-state index contributed by atoms with van der Waals surface area (Å²) in [6, 6.07) is 13.3. The van der Waals surface area contributed by atoms with Crippen LogP contribution >= 0.6 is 46.4 Å². The Morgan fingerprint density at radius 1 is 0.724 bits per heavy atom. The van der Waals surface area contributed by atoms with E-state index in [4.69, 9.17) is 46.4 Å². The van der Waals surface area contributed by atoms with E-state index >= 15 is 0 Å². The predicted octanol–water partition coefficient (Wildman–Crippen LogP) is 5.89. The molecule has 0 radical (unpaired) electrons. The highest BCUT2D eigenvalue weighted by atomic mass is 35.5. The van der Waals surface area contributed by atoms with E-state index in [1.54, 1.807) is 12.1 Å². The van der Waals surface area contributed by atoms with Gasteiger partial charge in [-0.05, 0) is 11.6 Å². The molecule has 152 valence electrons. The van der Waals surface area contributed by atoms with Crippen LogP contribution in [0.1, 0.15) is 16.7 Å². The van der Waals surface area contributed by atoms with Gasteiger partial charge in [0, 0.05) is 16.1 Å². The Hall–Kier alpha value is -1.67. The molecule has 5 nitrogen and oxygen atoms in total. The lowest BCUT2D eigenvalue weighted by molar-refractivity contribution is 0.431. The molecule has 0 fully saturated rings. The minimum atomic E-state index is -5.13. The zero-order chi connectivity index (χ0) is 21.6. The molecule has 3 rings (SSSR count). The topological polar surface area (TPSA) is 94.8 Å². The number of rotatable bonds is 4. The molecule has 0 saturated carbocycles. The van der Waals surface area contributed by atoms with Gasteiger partial charge in [0.15, 0.2) is 10.5 Å². The van der Waals surface area contributed by atoms with Crippen molar-refractivity contribution in [3.8, 4) is 11.5 Å². The molecule has 3 aromatic carbocycles. The molecule has 1 unspecified atom stereocenters. The first-order valence-electron chi connectivity index (χ1n) is 7.91. The van der Waals surface area contributed by atoms with Crippen LogP contribution in [0.2, 0.25) is 20.1 Å². The van der Waals surface area contributed by atoms with E-state index in [9.17, 15) is 23.2 Å². The van der Waals surface area contributed by atoms with Crippen molar-refractivity contribution in [3.05, 3.63) is 91.4 Å². The third-order valence-electron chi connectivity index (χ3n) is 4.45. The second kappa shape index (κ2) is 7.87. The minimum Gasteiger partial charge on any atom is -0.506 e. The average Bonchev–Trinajstić information content (AvgIpc) is 2.68. The van der Waals surface area contributed by atoms with Crippen molar-refractivity contribution in [3.63, 3.8) is 0 Å². The molecular formula is C19H12Cl4O5S. The van der Waals surface area contributed by atoms with E-state index in [0.717, 1.165) is 0 Å². The molecule has 0 heterocycles. The lowest BCUT2D eigenvalue weighted by Crippen LogP contribution is -2.39. The third-order valence-corrected chi connectivity index (χ3v) is 7.41. The average molecular weight is 494 g/mol. The maximum Gasteiger partial charge on any atom is 0.283 e. The maximum absolute atomic E-state index is 13.0. The number of phenols is 2. The van der Waals surface area contributed by atoms with E-state index in [1.165, 1.54) is 42.5 Å². The molecule has 1 atom stereocenters. The van der Waals surface area contributed by atoms with E-state index < -0.39 is 47.0 Å². The number of hydrogen-bond donors (Lipinski definition) is 3. The first-order valence-corrected chi connectivity index (χ1v) is 10.9. The SMILES string of the molecule is O=S(=O)(O)C(c1ccccc1)(c1ccccc1Cl)c1c(O)c(Cl)c(O)c(Cl)c1Cl. The molecule has 0 amide bonds. The van der Waals surface area contributed by atoms with Gasteiger partial charge in [-0.1, -0.05) is 94.9 Å². The molecule has 0 aromatic heterocycles. The first kappa shape index (κ1) is 22.0. The number of phenolic OH excluding ortho intramolecular Hbond substituents is 2. The number of aromatic hydroxyl groups is 2. The molecule has 0 bridgehead atoms. The number of benzene rings is 3. The van der Waals surface area contributed by atoms with Gasteiger partial charge in [-0.3, -0.25) is 4.55 Å². The number of halogens is 4. The normalized spacial score (nSPS) is 13.8. The molecule has 10 heteroatoms. The van der Waals surface area contributed by atoms with Gasteiger partial charge in [0.05, 0.1) is 5.02 Å². The van der Waals surface area contributed by atoms with Gasteiger partial charge in [-0.25, -0.2) is 0 Å². The zero-order valence-electron chi connectivity index (χ0n) is 14.3. The second-order valence-electron chi connectivity index (χ2n) is 6.02. The van der Waals surface area contributed by atoms with Crippen molar-refractivity contribution in [2.45, 2.75) is 4.75 Å². The minimum absolute atomic E-state index is 0.00521. The fourth-order valence-corrected chi connectivity index (χ4v) is 5.71. The fourth-order valence-electron chi connectivity index (χ4n) is 3.23. The summed E-state index contributed by atoms with van der Waals surface area (Å²) < 4.78 is 34.0. The van der Waals surface area contributed by atoms with Crippen LogP contribution < -0.4 is 0 Å². The predicted molar refractivity (Wildman–Crippen MR) is 114 cm³/mol. The van der Waals surface area contributed by atoms with Crippen molar-refractivity contribution in [1.82, 2.24) is 0 Å². The molecule has 3 N–H and O–H groups in total. The Labute approximate surface area is 186 Å². The van der Waals surface area contributed by atoms with Crippen molar-refractivity contribution >= 4 is 56.5 Å². The molecule has 0 aliphatic carbocycles. The highest BCUT2D eigenvalue weighted by Crippen LogP contribution is 2.56. The van der Waals surface area contributed by atoms with Crippen LogP contribution in [-0.4, -0.2) is 23.2 Å². The summed E-state index contributed by atoms with van der Waals surface area (Å²) in [5.41, 5.74) is -0.648. The van der Waals surface area contributed by atoms with Gasteiger partial charge in [0.1, 0.15) is 15.8 Å². The molecule has 29 heavy (non-hydrogen) atoms. The summed E-state index contributed by atoms with van der Waals surface area (Å²) >= 11 is 24.6. The van der Waals surface area contributed by atoms with Crippen LogP contribution in [-0.2, 0) is 14.9 Å². The van der Waals surface area contributed by atoms with Gasteiger partial charge in [-0.15, -0.1) is 0 Å². The Bertz CT molecular complexity index is 1170. The molecule has 0 aliphatic rings. The van der Waals surface area contributed by atoms with Crippen LogP contribution in [0, 0.1) is 0 Å². The lowest BCUT2D eigenvalue weighted by atomic mass is 9.83. The monoisotopic (exact) mass is 492 g/mol. The smallest absolute Gasteiger partial charge is 0.283 e. The maximum atomic E-state index is 13.0. The van der Waals surface area contributed by atoms with Gasteiger partial charge >= 0.3 is 0 Å². The molecule has 0 saturated heterocycles. The van der Waals surface area contributed by atoms with Crippen molar-refractivity contribution in [2.75, 3.05) is 0 Å². The van der Waals surface area contributed by atoms with Crippen molar-refractivity contribution in [2.24, 2.45) is 0 Å². The highest BCUT2D eigenvalue weighted by molar-refractivity contribution is 7.87. The summed E-state index contributed by atoms with van der Waals surface area (Å²) in [5, 5.41) is 19.1. The van der Waals surface area contributed by atoms with E-state index in [-0.39, 0.29) is 16.1 Å². The van der Waals surface area contributed by atoms with Gasteiger partial charge in [0.25, 0.3) is 10.1 Å². The Morgan fingerprint density at radius 2 is 1.28 bits per heavy atom. The van der Waals surface area contributed by atoms with E-state index in [1.807, 2.05) is 0 Å². The summed E-state index contributed by atoms with van der Waals surface area (Å²) in [6.07, 6.45) is 0. The quantitative estimate of drug-likeness (QED) is 0.239. The molecular weight excluding hydrogens is 482 g/mol. The third kappa shape index (κ3) is 3.34. The standard InChI is InChI=1S/C19H12Cl4O5S/c20-12-9-5-4-8-11(12)19(29(26,27)28,10-6-2-1-3-7-10)13-14(21)15(22)18(25)16(23)17(13)24/h1-9,24-25H,(H,26,27,28). The van der Waals surface area contributed by atoms with Gasteiger partial charge < -0.3 is 10.2 Å². The highest BCUT2D eigenvalue weighted by Gasteiger charge is 2.53. The van der Waals surface area contributed by atoms with Crippen molar-refractivity contribution in [1.29, 1.82) is 0 Å². The summed E-state index contributed by atoms with van der Waals surface area (Å²) in [6.45, 7) is 0. The summed E-state index contributed by atoms with van der Waals surface area (Å²) in [5.74, 6) is -1.61. The van der Waals surface area contributed by atoms with Gasteiger partial charge in [-0.2, -0.15) is 8.42 Å². The molecule has 0 spiro atoms. The fraction of sp³-hybridized carbons (Fsp3) is 0.0526. The van der Waals surface area contributed by atoms with Crippen LogP contribution in [0.5, 0.6) is 11.5 Å². The number of hydrogen-bond acceptors (Lipinski definition) is 4. The van der Waals surface area contributed by atoms with Crippen LogP contribution in [0.25, 0.3) is 0 Å². The van der Waals surface area contributed by atoms with Crippen LogP contribution in [0.3, 0.4) is 0 Å². The first-order chi connectivity index (χ1) is 13.5. The van der Waals surface area contributed by atoms with E-state index in [0.29, 0.717) is 0 Å².